The molecular formula is C11H7ClN4O. The van der Waals surface area contributed by atoms with E-state index in [0.29, 0.717) is 22.0 Å². The van der Waals surface area contributed by atoms with Crippen molar-refractivity contribution in [3.05, 3.63) is 46.7 Å². The number of hydrogen-bond donors (Lipinski definition) is 2. The highest BCUT2D eigenvalue weighted by molar-refractivity contribution is 6.31. The Morgan fingerprint density at radius 3 is 2.94 bits per heavy atom. The highest BCUT2D eigenvalue weighted by atomic mass is 35.5. The summed E-state index contributed by atoms with van der Waals surface area (Å²) in [6, 6.07) is 8.17. The molecule has 1 amide bonds. The van der Waals surface area contributed by atoms with Crippen molar-refractivity contribution in [2.45, 2.75) is 0 Å². The van der Waals surface area contributed by atoms with Crippen LogP contribution in [0.2, 0.25) is 5.02 Å². The summed E-state index contributed by atoms with van der Waals surface area (Å²) in [7, 11) is 0. The van der Waals surface area contributed by atoms with Crippen LogP contribution in [0.4, 0.5) is 5.69 Å². The molecule has 1 heterocycles. The highest BCUT2D eigenvalue weighted by Gasteiger charge is 2.10. The van der Waals surface area contributed by atoms with Crippen molar-refractivity contribution in [3.8, 4) is 6.07 Å². The Labute approximate surface area is 102 Å². The number of nitriles is 1. The summed E-state index contributed by atoms with van der Waals surface area (Å²) in [6.45, 7) is 0. The van der Waals surface area contributed by atoms with Crippen molar-refractivity contribution in [2.24, 2.45) is 0 Å². The van der Waals surface area contributed by atoms with Gasteiger partial charge in [-0.05, 0) is 24.3 Å². The van der Waals surface area contributed by atoms with E-state index >= 15 is 0 Å². The van der Waals surface area contributed by atoms with Gasteiger partial charge in [0.1, 0.15) is 11.8 Å². The van der Waals surface area contributed by atoms with Gasteiger partial charge in [-0.2, -0.15) is 10.4 Å². The lowest BCUT2D eigenvalue weighted by atomic mass is 10.2. The van der Waals surface area contributed by atoms with Crippen LogP contribution in [0, 0.1) is 11.3 Å². The molecule has 84 valence electrons. The number of anilines is 1. The van der Waals surface area contributed by atoms with Crippen LogP contribution >= 0.6 is 11.6 Å². The molecule has 0 saturated carbocycles. The molecule has 0 aliphatic rings. The number of aromatic amines is 1. The molecule has 0 unspecified atom stereocenters. The van der Waals surface area contributed by atoms with Crippen LogP contribution in [0.1, 0.15) is 16.1 Å². The highest BCUT2D eigenvalue weighted by Crippen LogP contribution is 2.20. The second-order valence-corrected chi connectivity index (χ2v) is 3.66. The maximum absolute atomic E-state index is 11.7. The molecular weight excluding hydrogens is 240 g/mol. The Balaban J connectivity index is 2.27. The lowest BCUT2D eigenvalue weighted by Crippen LogP contribution is -2.13. The summed E-state index contributed by atoms with van der Waals surface area (Å²) in [5, 5.41) is 18.1. The summed E-state index contributed by atoms with van der Waals surface area (Å²) in [5.74, 6) is -0.374. The zero-order valence-electron chi connectivity index (χ0n) is 8.57. The Morgan fingerprint density at radius 2 is 2.29 bits per heavy atom. The fraction of sp³-hybridized carbons (Fsp3) is 0. The monoisotopic (exact) mass is 246 g/mol. The largest absolute Gasteiger partial charge is 0.319 e. The standard InChI is InChI=1S/C11H7ClN4O/c12-8-2-1-7(6-13)10(5-8)15-11(17)9-3-4-14-16-9/h1-5H,(H,14,16)(H,15,17). The summed E-state index contributed by atoms with van der Waals surface area (Å²) < 4.78 is 0. The average Bonchev–Trinajstić information content (AvgIpc) is 2.83. The Morgan fingerprint density at radius 1 is 1.47 bits per heavy atom. The number of amides is 1. The van der Waals surface area contributed by atoms with Crippen LogP contribution in [0.25, 0.3) is 0 Å². The van der Waals surface area contributed by atoms with Crippen molar-refractivity contribution < 1.29 is 4.79 Å². The first-order chi connectivity index (χ1) is 8.20. The van der Waals surface area contributed by atoms with Crippen molar-refractivity contribution >= 4 is 23.2 Å². The minimum absolute atomic E-state index is 0.314. The van der Waals surface area contributed by atoms with Gasteiger partial charge in [0.15, 0.2) is 0 Å². The number of nitrogens with one attached hydrogen (secondary N) is 2. The maximum Gasteiger partial charge on any atom is 0.273 e. The van der Waals surface area contributed by atoms with Crippen LogP contribution in [-0.4, -0.2) is 16.1 Å². The number of halogens is 1. The van der Waals surface area contributed by atoms with E-state index in [1.54, 1.807) is 12.1 Å². The molecule has 17 heavy (non-hydrogen) atoms. The van der Waals surface area contributed by atoms with Gasteiger partial charge >= 0.3 is 0 Å². The van der Waals surface area contributed by atoms with Crippen molar-refractivity contribution in [3.63, 3.8) is 0 Å². The predicted molar refractivity (Wildman–Crippen MR) is 62.7 cm³/mol. The first-order valence-electron chi connectivity index (χ1n) is 4.71. The summed E-state index contributed by atoms with van der Waals surface area (Å²) in [6.07, 6.45) is 1.47. The van der Waals surface area contributed by atoms with Gasteiger partial charge in [0, 0.05) is 11.2 Å². The molecule has 0 aliphatic carbocycles. The third-order valence-electron chi connectivity index (χ3n) is 2.10. The minimum atomic E-state index is -0.374. The molecule has 1 aromatic carbocycles. The zero-order chi connectivity index (χ0) is 12.3. The summed E-state index contributed by atoms with van der Waals surface area (Å²) in [5.41, 5.74) is 1.04. The molecule has 2 N–H and O–H groups in total. The Bertz CT molecular complexity index is 586. The van der Waals surface area contributed by atoms with Crippen LogP contribution in [-0.2, 0) is 0 Å². The lowest BCUT2D eigenvalue weighted by Gasteiger charge is -2.05. The van der Waals surface area contributed by atoms with E-state index in [0.717, 1.165) is 0 Å². The van der Waals surface area contributed by atoms with Crippen molar-refractivity contribution in [2.75, 3.05) is 5.32 Å². The first-order valence-corrected chi connectivity index (χ1v) is 5.09. The van der Waals surface area contributed by atoms with E-state index < -0.39 is 0 Å². The molecule has 0 spiro atoms. The number of rotatable bonds is 2. The fourth-order valence-electron chi connectivity index (χ4n) is 1.29. The van der Waals surface area contributed by atoms with E-state index in [9.17, 15) is 4.79 Å². The summed E-state index contributed by atoms with van der Waals surface area (Å²) in [4.78, 5) is 11.7. The van der Waals surface area contributed by atoms with Crippen LogP contribution in [0.3, 0.4) is 0 Å². The van der Waals surface area contributed by atoms with E-state index in [4.69, 9.17) is 16.9 Å². The van der Waals surface area contributed by atoms with Gasteiger partial charge in [-0.1, -0.05) is 11.6 Å². The number of nitrogens with zero attached hydrogens (tertiary/aromatic N) is 2. The normalized spacial score (nSPS) is 9.65. The molecule has 0 fully saturated rings. The molecule has 0 bridgehead atoms. The average molecular weight is 247 g/mol. The van der Waals surface area contributed by atoms with E-state index in [1.807, 2.05) is 6.07 Å². The molecule has 6 heteroatoms. The maximum atomic E-state index is 11.7. The molecule has 5 nitrogen and oxygen atoms in total. The van der Waals surface area contributed by atoms with Gasteiger partial charge in [0.25, 0.3) is 5.91 Å². The lowest BCUT2D eigenvalue weighted by molar-refractivity contribution is 0.102. The fourth-order valence-corrected chi connectivity index (χ4v) is 1.46. The number of benzene rings is 1. The Hall–Kier alpha value is -2.32. The summed E-state index contributed by atoms with van der Waals surface area (Å²) >= 11 is 5.80. The first kappa shape index (κ1) is 11.2. The van der Waals surface area contributed by atoms with Gasteiger partial charge in [0.05, 0.1) is 11.3 Å². The van der Waals surface area contributed by atoms with Crippen molar-refractivity contribution in [1.29, 1.82) is 5.26 Å². The zero-order valence-corrected chi connectivity index (χ0v) is 9.32. The van der Waals surface area contributed by atoms with Crippen molar-refractivity contribution in [1.82, 2.24) is 10.2 Å². The second kappa shape index (κ2) is 4.68. The predicted octanol–water partition coefficient (Wildman–Crippen LogP) is 2.19. The third kappa shape index (κ3) is 2.44. The van der Waals surface area contributed by atoms with Gasteiger partial charge in [-0.3, -0.25) is 9.89 Å². The molecule has 0 saturated heterocycles. The Kier molecular flexibility index (Phi) is 3.08. The number of hydrogen-bond acceptors (Lipinski definition) is 3. The van der Waals surface area contributed by atoms with Gasteiger partial charge in [-0.25, -0.2) is 0 Å². The smallest absolute Gasteiger partial charge is 0.273 e. The molecule has 0 atom stereocenters. The van der Waals surface area contributed by atoms with E-state index in [1.165, 1.54) is 18.3 Å². The third-order valence-corrected chi connectivity index (χ3v) is 2.33. The van der Waals surface area contributed by atoms with E-state index in [-0.39, 0.29) is 5.91 Å². The molecule has 0 aliphatic heterocycles. The minimum Gasteiger partial charge on any atom is -0.319 e. The molecule has 2 aromatic rings. The van der Waals surface area contributed by atoms with Gasteiger partial charge < -0.3 is 5.32 Å². The number of H-pyrrole nitrogens is 1. The molecule has 1 aromatic heterocycles. The SMILES string of the molecule is N#Cc1ccc(Cl)cc1NC(=O)c1ccn[nH]1. The van der Waals surface area contributed by atoms with E-state index in [2.05, 4.69) is 15.5 Å². The second-order valence-electron chi connectivity index (χ2n) is 3.23. The van der Waals surface area contributed by atoms with Crippen LogP contribution in [0.5, 0.6) is 0 Å². The number of aromatic nitrogens is 2. The quantitative estimate of drug-likeness (QED) is 0.852. The van der Waals surface area contributed by atoms with Gasteiger partial charge in [0.2, 0.25) is 0 Å². The van der Waals surface area contributed by atoms with Gasteiger partial charge in [-0.15, -0.1) is 0 Å². The molecule has 2 rings (SSSR count). The number of carbonyl (C=O) groups excluding carboxylic acids is 1. The topological polar surface area (TPSA) is 81.6 Å². The van der Waals surface area contributed by atoms with Crippen LogP contribution < -0.4 is 5.32 Å². The van der Waals surface area contributed by atoms with Crippen LogP contribution in [0.15, 0.2) is 30.5 Å². The molecule has 0 radical (unpaired) electrons. The number of carbonyl (C=O) groups is 1.